The van der Waals surface area contributed by atoms with Gasteiger partial charge in [0.1, 0.15) is 0 Å². The van der Waals surface area contributed by atoms with Crippen molar-refractivity contribution in [3.05, 3.63) is 17.8 Å². The summed E-state index contributed by atoms with van der Waals surface area (Å²) in [5.41, 5.74) is 0.901. The van der Waals surface area contributed by atoms with Crippen molar-refractivity contribution < 1.29 is 9.53 Å². The van der Waals surface area contributed by atoms with E-state index in [4.69, 9.17) is 4.74 Å². The summed E-state index contributed by atoms with van der Waals surface area (Å²) in [6, 6.07) is 3.90. The van der Waals surface area contributed by atoms with E-state index in [1.807, 2.05) is 26.0 Å². The van der Waals surface area contributed by atoms with Gasteiger partial charge in [0, 0.05) is 13.1 Å². The molecule has 1 fully saturated rings. The maximum absolute atomic E-state index is 11.7. The van der Waals surface area contributed by atoms with Crippen LogP contribution in [0.3, 0.4) is 0 Å². The van der Waals surface area contributed by atoms with Gasteiger partial charge < -0.3 is 9.64 Å². The maximum Gasteiger partial charge on any atom is 0.310 e. The lowest BCUT2D eigenvalue weighted by molar-refractivity contribution is -0.148. The van der Waals surface area contributed by atoms with Crippen molar-refractivity contribution in [2.75, 3.05) is 24.6 Å². The van der Waals surface area contributed by atoms with Gasteiger partial charge in [0.25, 0.3) is 0 Å². The second-order valence-electron chi connectivity index (χ2n) is 4.57. The predicted octanol–water partition coefficient (Wildman–Crippen LogP) is 1.56. The molecule has 1 aliphatic rings. The molecule has 0 radical (unpaired) electrons. The Labute approximate surface area is 107 Å². The molecule has 5 nitrogen and oxygen atoms in total. The minimum absolute atomic E-state index is 0.0400. The highest BCUT2D eigenvalue weighted by Gasteiger charge is 2.27. The van der Waals surface area contributed by atoms with Gasteiger partial charge in [0.2, 0.25) is 0 Å². The first-order chi connectivity index (χ1) is 8.70. The van der Waals surface area contributed by atoms with Gasteiger partial charge in [0.05, 0.1) is 18.2 Å². The van der Waals surface area contributed by atoms with Crippen LogP contribution in [0.1, 0.15) is 25.5 Å². The molecule has 18 heavy (non-hydrogen) atoms. The van der Waals surface area contributed by atoms with Crippen LogP contribution < -0.4 is 4.90 Å². The quantitative estimate of drug-likeness (QED) is 0.761. The number of carbonyl (C=O) groups excluding carboxylic acids is 1. The van der Waals surface area contributed by atoms with Crippen molar-refractivity contribution in [1.29, 1.82) is 0 Å². The van der Waals surface area contributed by atoms with E-state index in [2.05, 4.69) is 15.1 Å². The van der Waals surface area contributed by atoms with E-state index < -0.39 is 0 Å². The van der Waals surface area contributed by atoms with E-state index >= 15 is 0 Å². The van der Waals surface area contributed by atoms with Crippen LogP contribution in [-0.2, 0) is 9.53 Å². The van der Waals surface area contributed by atoms with Crippen LogP contribution in [0, 0.1) is 12.8 Å². The molecule has 5 heteroatoms. The van der Waals surface area contributed by atoms with Gasteiger partial charge in [-0.05, 0) is 38.8 Å². The Bertz CT molecular complexity index is 405. The van der Waals surface area contributed by atoms with Gasteiger partial charge in [-0.2, -0.15) is 5.10 Å². The maximum atomic E-state index is 11.7. The summed E-state index contributed by atoms with van der Waals surface area (Å²) in [5.74, 6) is 0.707. The van der Waals surface area contributed by atoms with E-state index in [-0.39, 0.29) is 11.9 Å². The molecule has 0 aliphatic carbocycles. The summed E-state index contributed by atoms with van der Waals surface area (Å²) in [4.78, 5) is 13.9. The first-order valence-electron chi connectivity index (χ1n) is 6.42. The molecule has 0 unspecified atom stereocenters. The van der Waals surface area contributed by atoms with E-state index in [9.17, 15) is 4.79 Å². The number of aryl methyl sites for hydroxylation is 1. The number of hydrogen-bond donors (Lipinski definition) is 0. The minimum Gasteiger partial charge on any atom is -0.466 e. The van der Waals surface area contributed by atoms with Crippen LogP contribution in [0.25, 0.3) is 0 Å². The molecule has 1 atom stereocenters. The highest BCUT2D eigenvalue weighted by Crippen LogP contribution is 2.22. The molecule has 1 aliphatic heterocycles. The zero-order valence-corrected chi connectivity index (χ0v) is 10.9. The predicted molar refractivity (Wildman–Crippen MR) is 68.3 cm³/mol. The van der Waals surface area contributed by atoms with Crippen molar-refractivity contribution in [3.8, 4) is 0 Å². The Morgan fingerprint density at radius 1 is 1.50 bits per heavy atom. The Morgan fingerprint density at radius 2 is 2.33 bits per heavy atom. The highest BCUT2D eigenvalue weighted by atomic mass is 16.5. The molecule has 2 heterocycles. The van der Waals surface area contributed by atoms with E-state index in [0.717, 1.165) is 30.9 Å². The Morgan fingerprint density at radius 3 is 3.00 bits per heavy atom. The van der Waals surface area contributed by atoms with Crippen molar-refractivity contribution in [2.24, 2.45) is 5.92 Å². The third-order valence-electron chi connectivity index (χ3n) is 3.15. The van der Waals surface area contributed by atoms with Gasteiger partial charge in [0.15, 0.2) is 5.82 Å². The van der Waals surface area contributed by atoms with E-state index in [1.165, 1.54) is 0 Å². The van der Waals surface area contributed by atoms with Crippen molar-refractivity contribution in [1.82, 2.24) is 10.2 Å². The van der Waals surface area contributed by atoms with Crippen LogP contribution in [-0.4, -0.2) is 35.9 Å². The Hall–Kier alpha value is -1.65. The monoisotopic (exact) mass is 249 g/mol. The van der Waals surface area contributed by atoms with Gasteiger partial charge in [-0.15, -0.1) is 5.10 Å². The largest absolute Gasteiger partial charge is 0.466 e. The van der Waals surface area contributed by atoms with Crippen LogP contribution in [0.2, 0.25) is 0 Å². The summed E-state index contributed by atoms with van der Waals surface area (Å²) in [6.45, 7) is 5.79. The van der Waals surface area contributed by atoms with Crippen LogP contribution in [0.5, 0.6) is 0 Å². The zero-order valence-electron chi connectivity index (χ0n) is 10.9. The lowest BCUT2D eigenvalue weighted by Crippen LogP contribution is -2.39. The molecule has 0 spiro atoms. The Kier molecular flexibility index (Phi) is 4.12. The molecule has 1 aromatic heterocycles. The van der Waals surface area contributed by atoms with Gasteiger partial charge in [-0.3, -0.25) is 4.79 Å². The van der Waals surface area contributed by atoms with Crippen molar-refractivity contribution in [3.63, 3.8) is 0 Å². The molecular weight excluding hydrogens is 230 g/mol. The lowest BCUT2D eigenvalue weighted by Gasteiger charge is -2.31. The molecule has 0 amide bonds. The number of aromatic nitrogens is 2. The topological polar surface area (TPSA) is 55.3 Å². The molecule has 2 rings (SSSR count). The average Bonchev–Trinajstić information content (AvgIpc) is 2.40. The fourth-order valence-electron chi connectivity index (χ4n) is 2.20. The van der Waals surface area contributed by atoms with Crippen LogP contribution >= 0.6 is 0 Å². The van der Waals surface area contributed by atoms with Crippen molar-refractivity contribution in [2.45, 2.75) is 26.7 Å². The molecule has 0 bridgehead atoms. The fourth-order valence-corrected chi connectivity index (χ4v) is 2.20. The fraction of sp³-hybridized carbons (Fsp3) is 0.615. The third kappa shape index (κ3) is 2.97. The average molecular weight is 249 g/mol. The number of nitrogens with zero attached hydrogens (tertiary/aromatic N) is 3. The minimum atomic E-state index is -0.0951. The molecular formula is C13H19N3O2. The van der Waals surface area contributed by atoms with Gasteiger partial charge in [-0.25, -0.2) is 0 Å². The second-order valence-corrected chi connectivity index (χ2v) is 4.57. The number of esters is 1. The molecule has 0 saturated carbocycles. The van der Waals surface area contributed by atoms with Crippen molar-refractivity contribution >= 4 is 11.8 Å². The third-order valence-corrected chi connectivity index (χ3v) is 3.15. The molecule has 0 aromatic carbocycles. The second kappa shape index (κ2) is 5.80. The summed E-state index contributed by atoms with van der Waals surface area (Å²) in [5, 5.41) is 8.22. The summed E-state index contributed by atoms with van der Waals surface area (Å²) in [6.07, 6.45) is 1.88. The summed E-state index contributed by atoms with van der Waals surface area (Å²) in [7, 11) is 0. The molecule has 0 N–H and O–H groups in total. The summed E-state index contributed by atoms with van der Waals surface area (Å²) >= 11 is 0. The highest BCUT2D eigenvalue weighted by molar-refractivity contribution is 5.73. The van der Waals surface area contributed by atoms with Gasteiger partial charge in [-0.1, -0.05) is 0 Å². The summed E-state index contributed by atoms with van der Waals surface area (Å²) < 4.78 is 5.08. The number of anilines is 1. The molecule has 1 aromatic rings. The number of piperidine rings is 1. The SMILES string of the molecule is CCOC(=O)[C@H]1CCCN(c2ccc(C)nn2)C1. The van der Waals surface area contributed by atoms with Crippen LogP contribution in [0.15, 0.2) is 12.1 Å². The molecule has 98 valence electrons. The number of ether oxygens (including phenoxy) is 1. The normalized spacial score (nSPS) is 19.7. The number of carbonyl (C=O) groups is 1. The zero-order chi connectivity index (χ0) is 13.0. The smallest absolute Gasteiger partial charge is 0.310 e. The standard InChI is InChI=1S/C13H19N3O2/c1-3-18-13(17)11-5-4-8-16(9-11)12-7-6-10(2)14-15-12/h6-7,11H,3-5,8-9H2,1-2H3/t11-/m0/s1. The number of hydrogen-bond acceptors (Lipinski definition) is 5. The van der Waals surface area contributed by atoms with E-state index in [1.54, 1.807) is 0 Å². The van der Waals surface area contributed by atoms with Gasteiger partial charge >= 0.3 is 5.97 Å². The first kappa shape index (κ1) is 12.8. The molecule has 1 saturated heterocycles. The van der Waals surface area contributed by atoms with E-state index in [0.29, 0.717) is 13.2 Å². The van der Waals surface area contributed by atoms with Crippen LogP contribution in [0.4, 0.5) is 5.82 Å². The lowest BCUT2D eigenvalue weighted by atomic mass is 9.98. The first-order valence-corrected chi connectivity index (χ1v) is 6.42. The number of rotatable bonds is 3. The Balaban J connectivity index is 2.02.